The summed E-state index contributed by atoms with van der Waals surface area (Å²) in [5.41, 5.74) is 8.94. The number of aryl methyl sites for hydroxylation is 1. The standard InChI is InChI=1S/C17H20BrNO2/c1-12-9-15(18)10-13(7-8-19)17(12)21-11-14-5-3-4-6-16(14)20-2/h3-6,9-10H,7-8,11,19H2,1-2H3. The van der Waals surface area contributed by atoms with Crippen molar-refractivity contribution in [2.24, 2.45) is 5.73 Å². The van der Waals surface area contributed by atoms with Crippen LogP contribution < -0.4 is 15.2 Å². The molecule has 0 unspecified atom stereocenters. The van der Waals surface area contributed by atoms with Gasteiger partial charge in [-0.3, -0.25) is 0 Å². The number of para-hydroxylation sites is 1. The SMILES string of the molecule is COc1ccccc1COc1c(C)cc(Br)cc1CCN. The van der Waals surface area contributed by atoms with E-state index in [0.29, 0.717) is 13.2 Å². The summed E-state index contributed by atoms with van der Waals surface area (Å²) in [5, 5.41) is 0. The molecule has 2 aromatic carbocycles. The van der Waals surface area contributed by atoms with Crippen molar-refractivity contribution >= 4 is 15.9 Å². The quantitative estimate of drug-likeness (QED) is 0.861. The molecule has 0 aliphatic carbocycles. The molecule has 0 radical (unpaired) electrons. The van der Waals surface area contributed by atoms with Crippen LogP contribution in [0.4, 0.5) is 0 Å². The molecule has 0 fully saturated rings. The minimum Gasteiger partial charge on any atom is -0.496 e. The van der Waals surface area contributed by atoms with Gasteiger partial charge in [0.1, 0.15) is 18.1 Å². The maximum absolute atomic E-state index is 6.05. The van der Waals surface area contributed by atoms with Crippen molar-refractivity contribution in [3.05, 3.63) is 57.6 Å². The van der Waals surface area contributed by atoms with Gasteiger partial charge in [0.25, 0.3) is 0 Å². The summed E-state index contributed by atoms with van der Waals surface area (Å²) in [7, 11) is 1.67. The molecule has 2 N–H and O–H groups in total. The zero-order chi connectivity index (χ0) is 15.2. The Bertz CT molecular complexity index is 614. The van der Waals surface area contributed by atoms with Crippen molar-refractivity contribution < 1.29 is 9.47 Å². The Labute approximate surface area is 134 Å². The van der Waals surface area contributed by atoms with E-state index in [1.54, 1.807) is 7.11 Å². The molecule has 0 aromatic heterocycles. The van der Waals surface area contributed by atoms with Crippen LogP contribution in [0.3, 0.4) is 0 Å². The first-order valence-corrected chi connectivity index (χ1v) is 7.68. The predicted molar refractivity (Wildman–Crippen MR) is 89.0 cm³/mol. The van der Waals surface area contributed by atoms with E-state index in [1.165, 1.54) is 0 Å². The van der Waals surface area contributed by atoms with Crippen molar-refractivity contribution in [3.63, 3.8) is 0 Å². The fourth-order valence-electron chi connectivity index (χ4n) is 2.32. The van der Waals surface area contributed by atoms with E-state index in [-0.39, 0.29) is 0 Å². The molecule has 4 heteroatoms. The number of nitrogens with two attached hydrogens (primary N) is 1. The lowest BCUT2D eigenvalue weighted by Gasteiger charge is -2.16. The lowest BCUT2D eigenvalue weighted by atomic mass is 10.1. The van der Waals surface area contributed by atoms with Gasteiger partial charge in [0.15, 0.2) is 0 Å². The molecule has 2 rings (SSSR count). The van der Waals surface area contributed by atoms with Gasteiger partial charge in [-0.1, -0.05) is 34.1 Å². The van der Waals surface area contributed by atoms with E-state index in [0.717, 1.165) is 39.1 Å². The number of hydrogen-bond acceptors (Lipinski definition) is 3. The highest BCUT2D eigenvalue weighted by Gasteiger charge is 2.10. The number of methoxy groups -OCH3 is 1. The second-order valence-corrected chi connectivity index (χ2v) is 5.77. The Morgan fingerprint density at radius 1 is 1.14 bits per heavy atom. The summed E-state index contributed by atoms with van der Waals surface area (Å²) in [6.45, 7) is 3.12. The third-order valence-electron chi connectivity index (χ3n) is 3.29. The van der Waals surface area contributed by atoms with Crippen molar-refractivity contribution in [1.29, 1.82) is 0 Å². The molecule has 0 bridgehead atoms. The molecule has 0 aliphatic heterocycles. The molecular weight excluding hydrogens is 330 g/mol. The van der Waals surface area contributed by atoms with Crippen LogP contribution in [0.2, 0.25) is 0 Å². The molecule has 0 heterocycles. The van der Waals surface area contributed by atoms with E-state index in [9.17, 15) is 0 Å². The summed E-state index contributed by atoms with van der Waals surface area (Å²) < 4.78 is 12.5. The van der Waals surface area contributed by atoms with Crippen LogP contribution >= 0.6 is 15.9 Å². The first-order chi connectivity index (χ1) is 10.2. The Kier molecular flexibility index (Phi) is 5.65. The van der Waals surface area contributed by atoms with E-state index in [4.69, 9.17) is 15.2 Å². The van der Waals surface area contributed by atoms with E-state index < -0.39 is 0 Å². The highest BCUT2D eigenvalue weighted by molar-refractivity contribution is 9.10. The first-order valence-electron chi connectivity index (χ1n) is 6.89. The number of halogens is 1. The summed E-state index contributed by atoms with van der Waals surface area (Å²) in [4.78, 5) is 0. The molecule has 0 aliphatic rings. The van der Waals surface area contributed by atoms with Crippen molar-refractivity contribution in [3.8, 4) is 11.5 Å². The van der Waals surface area contributed by atoms with E-state index in [2.05, 4.69) is 28.1 Å². The third kappa shape index (κ3) is 3.99. The van der Waals surface area contributed by atoms with Crippen molar-refractivity contribution in [1.82, 2.24) is 0 Å². The second-order valence-electron chi connectivity index (χ2n) is 4.85. The van der Waals surface area contributed by atoms with E-state index in [1.807, 2.05) is 31.2 Å². The van der Waals surface area contributed by atoms with Crippen LogP contribution in [-0.2, 0) is 13.0 Å². The summed E-state index contributed by atoms with van der Waals surface area (Å²) in [6, 6.07) is 12.0. The molecule has 3 nitrogen and oxygen atoms in total. The zero-order valence-electron chi connectivity index (χ0n) is 12.4. The largest absolute Gasteiger partial charge is 0.496 e. The van der Waals surface area contributed by atoms with Gasteiger partial charge in [0, 0.05) is 10.0 Å². The monoisotopic (exact) mass is 349 g/mol. The molecule has 0 saturated heterocycles. The van der Waals surface area contributed by atoms with Gasteiger partial charge < -0.3 is 15.2 Å². The van der Waals surface area contributed by atoms with Crippen LogP contribution in [0.25, 0.3) is 0 Å². The Morgan fingerprint density at radius 2 is 1.90 bits per heavy atom. The zero-order valence-corrected chi connectivity index (χ0v) is 13.9. The molecule has 112 valence electrons. The van der Waals surface area contributed by atoms with Crippen LogP contribution in [0.5, 0.6) is 11.5 Å². The molecule has 2 aromatic rings. The van der Waals surface area contributed by atoms with Gasteiger partial charge in [0.05, 0.1) is 7.11 Å². The highest BCUT2D eigenvalue weighted by Crippen LogP contribution is 2.30. The first kappa shape index (κ1) is 15.9. The van der Waals surface area contributed by atoms with Gasteiger partial charge in [-0.25, -0.2) is 0 Å². The fourth-order valence-corrected chi connectivity index (χ4v) is 2.94. The third-order valence-corrected chi connectivity index (χ3v) is 3.75. The summed E-state index contributed by atoms with van der Waals surface area (Å²) >= 11 is 3.52. The van der Waals surface area contributed by atoms with Crippen LogP contribution in [0.15, 0.2) is 40.9 Å². The van der Waals surface area contributed by atoms with Crippen LogP contribution in [0, 0.1) is 6.92 Å². The predicted octanol–water partition coefficient (Wildman–Crippen LogP) is 3.85. The molecule has 0 atom stereocenters. The van der Waals surface area contributed by atoms with Gasteiger partial charge in [-0.2, -0.15) is 0 Å². The fraction of sp³-hybridized carbons (Fsp3) is 0.294. The lowest BCUT2D eigenvalue weighted by Crippen LogP contribution is -2.07. The second kappa shape index (κ2) is 7.48. The highest BCUT2D eigenvalue weighted by atomic mass is 79.9. The smallest absolute Gasteiger partial charge is 0.126 e. The number of hydrogen-bond donors (Lipinski definition) is 1. The Hall–Kier alpha value is -1.52. The Morgan fingerprint density at radius 3 is 2.62 bits per heavy atom. The van der Waals surface area contributed by atoms with Crippen LogP contribution in [0.1, 0.15) is 16.7 Å². The average Bonchev–Trinajstić information content (AvgIpc) is 2.47. The minimum atomic E-state index is 0.476. The number of ether oxygens (including phenoxy) is 2. The van der Waals surface area contributed by atoms with Gasteiger partial charge in [0.2, 0.25) is 0 Å². The average molecular weight is 350 g/mol. The maximum atomic E-state index is 6.05. The van der Waals surface area contributed by atoms with Crippen LogP contribution in [-0.4, -0.2) is 13.7 Å². The van der Waals surface area contributed by atoms with Gasteiger partial charge in [-0.05, 0) is 49.2 Å². The van der Waals surface area contributed by atoms with Gasteiger partial charge >= 0.3 is 0 Å². The molecular formula is C17H20BrNO2. The molecule has 0 spiro atoms. The topological polar surface area (TPSA) is 44.5 Å². The van der Waals surface area contributed by atoms with Crippen molar-refractivity contribution in [2.75, 3.05) is 13.7 Å². The minimum absolute atomic E-state index is 0.476. The number of rotatable bonds is 6. The maximum Gasteiger partial charge on any atom is 0.126 e. The summed E-state index contributed by atoms with van der Waals surface area (Å²) in [5.74, 6) is 1.75. The summed E-state index contributed by atoms with van der Waals surface area (Å²) in [6.07, 6.45) is 0.793. The van der Waals surface area contributed by atoms with E-state index >= 15 is 0 Å². The molecule has 0 amide bonds. The molecule has 21 heavy (non-hydrogen) atoms. The normalized spacial score (nSPS) is 10.5. The lowest BCUT2D eigenvalue weighted by molar-refractivity contribution is 0.292. The number of benzene rings is 2. The van der Waals surface area contributed by atoms with Crippen molar-refractivity contribution in [2.45, 2.75) is 20.0 Å². The molecule has 0 saturated carbocycles. The Balaban J connectivity index is 2.23. The van der Waals surface area contributed by atoms with Gasteiger partial charge in [-0.15, -0.1) is 0 Å².